The van der Waals surface area contributed by atoms with Crippen molar-refractivity contribution in [2.24, 2.45) is 17.8 Å². The van der Waals surface area contributed by atoms with Gasteiger partial charge in [0.15, 0.2) is 0 Å². The van der Waals surface area contributed by atoms with Gasteiger partial charge in [0.25, 0.3) is 5.56 Å². The van der Waals surface area contributed by atoms with Crippen molar-refractivity contribution in [3.8, 4) is 0 Å². The van der Waals surface area contributed by atoms with Gasteiger partial charge in [-0.1, -0.05) is 6.42 Å². The number of aromatic nitrogens is 2. The van der Waals surface area contributed by atoms with E-state index in [2.05, 4.69) is 15.3 Å². The summed E-state index contributed by atoms with van der Waals surface area (Å²) in [4.78, 5) is 34.2. The monoisotopic (exact) mass is 419 g/mol. The average Bonchev–Trinajstić information content (AvgIpc) is 3.35. The first-order valence-corrected chi connectivity index (χ1v) is 12.2. The summed E-state index contributed by atoms with van der Waals surface area (Å²) < 4.78 is 0. The summed E-state index contributed by atoms with van der Waals surface area (Å²) in [5, 5.41) is 3.64. The molecule has 4 atom stereocenters. The molecule has 2 N–H and O–H groups in total. The molecule has 152 valence electrons. The van der Waals surface area contributed by atoms with Gasteiger partial charge in [0, 0.05) is 11.4 Å². The SMILES string of the molecule is Cc1sc2nc(CSC(C)C(=O)NCCC3CC4CCC3C4)[nH]c(=O)c2c1C. The third-order valence-electron chi connectivity index (χ3n) is 6.63. The summed E-state index contributed by atoms with van der Waals surface area (Å²) in [5.41, 5.74) is 0.932. The Bertz CT molecular complexity index is 936. The molecule has 7 heteroatoms. The van der Waals surface area contributed by atoms with Crippen LogP contribution in [0.15, 0.2) is 4.79 Å². The first-order chi connectivity index (χ1) is 13.4. The molecule has 0 aliphatic heterocycles. The van der Waals surface area contributed by atoms with E-state index < -0.39 is 0 Å². The lowest BCUT2D eigenvalue weighted by Gasteiger charge is -2.22. The van der Waals surface area contributed by atoms with Crippen LogP contribution in [0.4, 0.5) is 0 Å². The Labute approximate surface area is 174 Å². The Kier molecular flexibility index (Phi) is 5.83. The van der Waals surface area contributed by atoms with Crippen LogP contribution in [0.25, 0.3) is 10.2 Å². The lowest BCUT2D eigenvalue weighted by Crippen LogP contribution is -2.33. The molecule has 2 aromatic heterocycles. The quantitative estimate of drug-likeness (QED) is 0.706. The molecule has 0 spiro atoms. The molecule has 4 unspecified atom stereocenters. The number of fused-ring (bicyclic) bond motifs is 3. The Morgan fingerprint density at radius 3 is 2.89 bits per heavy atom. The molecular formula is C21H29N3O2S2. The van der Waals surface area contributed by atoms with Gasteiger partial charge in [0.2, 0.25) is 5.91 Å². The molecule has 2 aromatic rings. The lowest BCUT2D eigenvalue weighted by atomic mass is 9.86. The zero-order chi connectivity index (χ0) is 19.8. The van der Waals surface area contributed by atoms with E-state index in [4.69, 9.17) is 0 Å². The maximum atomic E-state index is 12.4. The normalized spacial score (nSPS) is 24.8. The summed E-state index contributed by atoms with van der Waals surface area (Å²) in [6.07, 6.45) is 6.73. The van der Waals surface area contributed by atoms with Gasteiger partial charge in [-0.25, -0.2) is 4.98 Å². The Morgan fingerprint density at radius 2 is 2.18 bits per heavy atom. The van der Waals surface area contributed by atoms with Crippen LogP contribution >= 0.6 is 23.1 Å². The van der Waals surface area contributed by atoms with Crippen LogP contribution < -0.4 is 10.9 Å². The van der Waals surface area contributed by atoms with Crippen molar-refractivity contribution >= 4 is 39.2 Å². The molecule has 1 amide bonds. The van der Waals surface area contributed by atoms with Gasteiger partial charge in [-0.05, 0) is 69.8 Å². The van der Waals surface area contributed by atoms with Crippen LogP contribution in [0, 0.1) is 31.6 Å². The van der Waals surface area contributed by atoms with Crippen molar-refractivity contribution in [3.05, 3.63) is 26.6 Å². The molecule has 5 nitrogen and oxygen atoms in total. The van der Waals surface area contributed by atoms with E-state index in [1.807, 2.05) is 20.8 Å². The molecule has 0 aromatic carbocycles. The number of thioether (sulfide) groups is 1. The molecule has 2 bridgehead atoms. The fourth-order valence-electron chi connectivity index (χ4n) is 4.90. The predicted octanol–water partition coefficient (Wildman–Crippen LogP) is 4.17. The van der Waals surface area contributed by atoms with Gasteiger partial charge in [-0.15, -0.1) is 23.1 Å². The van der Waals surface area contributed by atoms with Crippen LogP contribution in [-0.2, 0) is 10.5 Å². The van der Waals surface area contributed by atoms with Crippen LogP contribution in [0.3, 0.4) is 0 Å². The fraction of sp³-hybridized carbons (Fsp3) is 0.667. The zero-order valence-corrected chi connectivity index (χ0v) is 18.5. The minimum atomic E-state index is -0.159. The number of amides is 1. The van der Waals surface area contributed by atoms with E-state index in [0.717, 1.165) is 46.0 Å². The number of nitrogens with one attached hydrogen (secondary N) is 2. The highest BCUT2D eigenvalue weighted by Crippen LogP contribution is 2.49. The molecule has 0 radical (unpaired) electrons. The third kappa shape index (κ3) is 4.01. The van der Waals surface area contributed by atoms with E-state index in [-0.39, 0.29) is 16.7 Å². The molecule has 2 aliphatic rings. The number of hydrogen-bond acceptors (Lipinski definition) is 5. The first kappa shape index (κ1) is 20.0. The molecule has 2 heterocycles. The molecular weight excluding hydrogens is 390 g/mol. The minimum absolute atomic E-state index is 0.0783. The van der Waals surface area contributed by atoms with Crippen molar-refractivity contribution in [1.82, 2.24) is 15.3 Å². The second-order valence-corrected chi connectivity index (χ2v) is 11.0. The molecule has 4 rings (SSSR count). The average molecular weight is 420 g/mol. The van der Waals surface area contributed by atoms with E-state index >= 15 is 0 Å². The van der Waals surface area contributed by atoms with Gasteiger partial charge in [-0.3, -0.25) is 9.59 Å². The third-order valence-corrected chi connectivity index (χ3v) is 8.88. The van der Waals surface area contributed by atoms with E-state index in [9.17, 15) is 9.59 Å². The fourth-order valence-corrected chi connectivity index (χ4v) is 6.73. The first-order valence-electron chi connectivity index (χ1n) is 10.3. The van der Waals surface area contributed by atoms with E-state index in [1.165, 1.54) is 37.4 Å². The van der Waals surface area contributed by atoms with Crippen molar-refractivity contribution < 1.29 is 4.79 Å². The zero-order valence-electron chi connectivity index (χ0n) is 16.8. The Morgan fingerprint density at radius 1 is 1.36 bits per heavy atom. The van der Waals surface area contributed by atoms with Gasteiger partial charge in [0.05, 0.1) is 16.4 Å². The topological polar surface area (TPSA) is 74.8 Å². The van der Waals surface area contributed by atoms with E-state index in [1.54, 1.807) is 11.3 Å². The van der Waals surface area contributed by atoms with Crippen molar-refractivity contribution in [2.45, 2.75) is 63.9 Å². The van der Waals surface area contributed by atoms with Crippen molar-refractivity contribution in [1.29, 1.82) is 0 Å². The van der Waals surface area contributed by atoms with E-state index in [0.29, 0.717) is 17.0 Å². The molecule has 0 saturated heterocycles. The number of hydrogen-bond donors (Lipinski definition) is 2. The second-order valence-electron chi connectivity index (χ2n) is 8.44. The smallest absolute Gasteiger partial charge is 0.259 e. The van der Waals surface area contributed by atoms with Crippen LogP contribution in [0.1, 0.15) is 55.3 Å². The Hall–Kier alpha value is -1.34. The summed E-state index contributed by atoms with van der Waals surface area (Å²) in [6.45, 7) is 6.68. The van der Waals surface area contributed by atoms with Gasteiger partial charge < -0.3 is 10.3 Å². The molecule has 2 aliphatic carbocycles. The second kappa shape index (κ2) is 8.19. The van der Waals surface area contributed by atoms with Crippen LogP contribution in [0.5, 0.6) is 0 Å². The maximum Gasteiger partial charge on any atom is 0.259 e. The largest absolute Gasteiger partial charge is 0.355 e. The van der Waals surface area contributed by atoms with Crippen LogP contribution in [-0.4, -0.2) is 27.7 Å². The lowest BCUT2D eigenvalue weighted by molar-refractivity contribution is -0.120. The number of nitrogens with zero attached hydrogens (tertiary/aromatic N) is 1. The highest BCUT2D eigenvalue weighted by atomic mass is 32.2. The standard InChI is InChI=1S/C21H29N3O2S2/c1-11-12(2)28-21-18(11)20(26)23-17(24-21)10-27-13(3)19(25)22-7-6-16-9-14-4-5-15(16)8-14/h13-16H,4-10H2,1-3H3,(H,22,25)(H,23,24,26). The Balaban J connectivity index is 1.26. The number of aromatic amines is 1. The van der Waals surface area contributed by atoms with Gasteiger partial charge >= 0.3 is 0 Å². The number of H-pyrrole nitrogens is 1. The number of carbonyl (C=O) groups is 1. The summed E-state index contributed by atoms with van der Waals surface area (Å²) in [6, 6.07) is 0. The predicted molar refractivity (Wildman–Crippen MR) is 117 cm³/mol. The van der Waals surface area contributed by atoms with Crippen LogP contribution in [0.2, 0.25) is 0 Å². The molecule has 2 saturated carbocycles. The molecule has 2 fully saturated rings. The maximum absolute atomic E-state index is 12.4. The molecule has 28 heavy (non-hydrogen) atoms. The highest BCUT2D eigenvalue weighted by molar-refractivity contribution is 7.99. The minimum Gasteiger partial charge on any atom is -0.355 e. The van der Waals surface area contributed by atoms with Crippen molar-refractivity contribution in [3.63, 3.8) is 0 Å². The number of rotatable bonds is 7. The summed E-state index contributed by atoms with van der Waals surface area (Å²) in [5.74, 6) is 3.95. The highest BCUT2D eigenvalue weighted by Gasteiger charge is 2.38. The van der Waals surface area contributed by atoms with Gasteiger partial charge in [0.1, 0.15) is 10.7 Å². The number of thiophene rings is 1. The number of aryl methyl sites for hydroxylation is 2. The number of carbonyl (C=O) groups excluding carboxylic acids is 1. The summed E-state index contributed by atoms with van der Waals surface area (Å²) in [7, 11) is 0. The van der Waals surface area contributed by atoms with Gasteiger partial charge in [-0.2, -0.15) is 0 Å². The van der Waals surface area contributed by atoms with Crippen molar-refractivity contribution in [2.75, 3.05) is 6.54 Å². The summed E-state index contributed by atoms with van der Waals surface area (Å²) >= 11 is 3.08.